The molecule has 0 amide bonds. The van der Waals surface area contributed by atoms with Crippen molar-refractivity contribution in [3.63, 3.8) is 0 Å². The average Bonchev–Trinajstić information content (AvgIpc) is 2.25. The molecule has 1 rings (SSSR count). The molecule has 1 aromatic carbocycles. The van der Waals surface area contributed by atoms with E-state index in [9.17, 15) is 13.2 Å². The molecule has 0 radical (unpaired) electrons. The maximum absolute atomic E-state index is 12.5. The van der Waals surface area contributed by atoms with Crippen molar-refractivity contribution in [2.24, 2.45) is 0 Å². The van der Waals surface area contributed by atoms with E-state index in [4.69, 9.17) is 0 Å². The first-order valence-corrected chi connectivity index (χ1v) is 5.97. The SMILES string of the molecule is CC(=CCCBr)c1cccc(C(F)(F)F)c1. The first-order chi connectivity index (χ1) is 7.45. The lowest BCUT2D eigenvalue weighted by Gasteiger charge is -2.08. The van der Waals surface area contributed by atoms with Crippen molar-refractivity contribution in [1.29, 1.82) is 0 Å². The van der Waals surface area contributed by atoms with Crippen molar-refractivity contribution in [1.82, 2.24) is 0 Å². The van der Waals surface area contributed by atoms with Gasteiger partial charge in [-0.1, -0.05) is 34.1 Å². The zero-order chi connectivity index (χ0) is 12.2. The van der Waals surface area contributed by atoms with Gasteiger partial charge in [-0.2, -0.15) is 13.2 Å². The van der Waals surface area contributed by atoms with Crippen molar-refractivity contribution in [2.75, 3.05) is 5.33 Å². The van der Waals surface area contributed by atoms with Gasteiger partial charge in [-0.05, 0) is 36.6 Å². The molecule has 0 spiro atoms. The Balaban J connectivity index is 2.99. The highest BCUT2D eigenvalue weighted by atomic mass is 79.9. The third-order valence-electron chi connectivity index (χ3n) is 2.20. The first kappa shape index (κ1) is 13.3. The molecule has 0 atom stereocenters. The van der Waals surface area contributed by atoms with E-state index < -0.39 is 11.7 Å². The van der Waals surface area contributed by atoms with Gasteiger partial charge in [0, 0.05) is 5.33 Å². The summed E-state index contributed by atoms with van der Waals surface area (Å²) in [6.45, 7) is 1.82. The number of benzene rings is 1. The van der Waals surface area contributed by atoms with E-state index in [1.165, 1.54) is 12.1 Å². The fourth-order valence-electron chi connectivity index (χ4n) is 1.33. The predicted octanol–water partition coefficient (Wildman–Crippen LogP) is 4.89. The number of hydrogen-bond donors (Lipinski definition) is 0. The predicted molar refractivity (Wildman–Crippen MR) is 63.5 cm³/mol. The molecular formula is C12H12BrF3. The van der Waals surface area contributed by atoms with E-state index in [-0.39, 0.29) is 0 Å². The van der Waals surface area contributed by atoms with Crippen LogP contribution < -0.4 is 0 Å². The van der Waals surface area contributed by atoms with Gasteiger partial charge in [0.1, 0.15) is 0 Å². The molecule has 0 bridgehead atoms. The molecule has 1 aromatic rings. The van der Waals surface area contributed by atoms with Crippen LogP contribution in [0.1, 0.15) is 24.5 Å². The molecule has 0 aromatic heterocycles. The molecule has 0 nitrogen and oxygen atoms in total. The molecule has 0 aliphatic heterocycles. The van der Waals surface area contributed by atoms with E-state index >= 15 is 0 Å². The zero-order valence-electron chi connectivity index (χ0n) is 8.81. The number of rotatable bonds is 3. The molecule has 0 aliphatic rings. The molecule has 0 fully saturated rings. The van der Waals surface area contributed by atoms with Gasteiger partial charge in [0.15, 0.2) is 0 Å². The monoisotopic (exact) mass is 292 g/mol. The van der Waals surface area contributed by atoms with Crippen LogP contribution in [0.15, 0.2) is 30.3 Å². The van der Waals surface area contributed by atoms with E-state index in [1.807, 2.05) is 13.0 Å². The third kappa shape index (κ3) is 3.67. The minimum atomic E-state index is -4.27. The smallest absolute Gasteiger partial charge is 0.166 e. The quantitative estimate of drug-likeness (QED) is 0.696. The Labute approximate surface area is 101 Å². The number of hydrogen-bond acceptors (Lipinski definition) is 0. The molecule has 0 saturated carbocycles. The standard InChI is InChI=1S/C12H12BrF3/c1-9(4-3-7-13)10-5-2-6-11(8-10)12(14,15)16/h2,4-6,8H,3,7H2,1H3. The third-order valence-corrected chi connectivity index (χ3v) is 2.66. The van der Waals surface area contributed by atoms with E-state index in [0.29, 0.717) is 5.56 Å². The first-order valence-electron chi connectivity index (χ1n) is 4.85. The Bertz CT molecular complexity index is 380. The number of alkyl halides is 4. The second-order valence-electron chi connectivity index (χ2n) is 3.44. The van der Waals surface area contributed by atoms with Crippen LogP contribution in [0.5, 0.6) is 0 Å². The Morgan fingerprint density at radius 2 is 2.06 bits per heavy atom. The Kier molecular flexibility index (Phi) is 4.59. The number of allylic oxidation sites excluding steroid dienone is 2. The van der Waals surface area contributed by atoms with Crippen LogP contribution in [0.2, 0.25) is 0 Å². The van der Waals surface area contributed by atoms with Gasteiger partial charge in [0.05, 0.1) is 5.56 Å². The van der Waals surface area contributed by atoms with Crippen molar-refractivity contribution in [3.8, 4) is 0 Å². The molecule has 4 heteroatoms. The van der Waals surface area contributed by atoms with Crippen molar-refractivity contribution >= 4 is 21.5 Å². The minimum absolute atomic E-state index is 0.600. The van der Waals surface area contributed by atoms with Crippen molar-refractivity contribution < 1.29 is 13.2 Å². The van der Waals surface area contributed by atoms with Gasteiger partial charge in [0.25, 0.3) is 0 Å². The summed E-state index contributed by atoms with van der Waals surface area (Å²) < 4.78 is 37.4. The summed E-state index contributed by atoms with van der Waals surface area (Å²) in [4.78, 5) is 0. The maximum Gasteiger partial charge on any atom is 0.416 e. The Morgan fingerprint density at radius 3 is 2.62 bits per heavy atom. The summed E-state index contributed by atoms with van der Waals surface area (Å²) in [5, 5.41) is 0.809. The summed E-state index contributed by atoms with van der Waals surface area (Å²) >= 11 is 3.27. The van der Waals surface area contributed by atoms with Gasteiger partial charge in [-0.15, -0.1) is 0 Å². The van der Waals surface area contributed by atoms with Crippen LogP contribution >= 0.6 is 15.9 Å². The Hall–Kier alpha value is -0.770. The average molecular weight is 293 g/mol. The van der Waals surface area contributed by atoms with Gasteiger partial charge >= 0.3 is 6.18 Å². The fraction of sp³-hybridized carbons (Fsp3) is 0.333. The summed E-state index contributed by atoms with van der Waals surface area (Å²) in [5.74, 6) is 0. The van der Waals surface area contributed by atoms with Gasteiger partial charge < -0.3 is 0 Å². The lowest BCUT2D eigenvalue weighted by atomic mass is 10.0. The highest BCUT2D eigenvalue weighted by molar-refractivity contribution is 9.09. The molecule has 16 heavy (non-hydrogen) atoms. The van der Waals surface area contributed by atoms with Gasteiger partial charge in [-0.25, -0.2) is 0 Å². The molecule has 0 aliphatic carbocycles. The van der Waals surface area contributed by atoms with Gasteiger partial charge in [-0.3, -0.25) is 0 Å². The van der Waals surface area contributed by atoms with Crippen molar-refractivity contribution in [3.05, 3.63) is 41.5 Å². The second-order valence-corrected chi connectivity index (χ2v) is 4.24. The van der Waals surface area contributed by atoms with E-state index in [2.05, 4.69) is 15.9 Å². The molecular weight excluding hydrogens is 281 g/mol. The van der Waals surface area contributed by atoms with Crippen LogP contribution in [0.3, 0.4) is 0 Å². The van der Waals surface area contributed by atoms with Crippen LogP contribution in [-0.2, 0) is 6.18 Å². The van der Waals surface area contributed by atoms with Crippen LogP contribution in [0.25, 0.3) is 5.57 Å². The molecule has 0 heterocycles. The fourth-order valence-corrected chi connectivity index (χ4v) is 1.56. The van der Waals surface area contributed by atoms with E-state index in [1.54, 1.807) is 6.07 Å². The summed E-state index contributed by atoms with van der Waals surface area (Å²) in [7, 11) is 0. The summed E-state index contributed by atoms with van der Waals surface area (Å²) in [5.41, 5.74) is 0.887. The largest absolute Gasteiger partial charge is 0.416 e. The molecule has 0 unspecified atom stereocenters. The summed E-state index contributed by atoms with van der Waals surface area (Å²) in [6.07, 6.45) is -1.54. The lowest BCUT2D eigenvalue weighted by molar-refractivity contribution is -0.137. The van der Waals surface area contributed by atoms with Crippen molar-refractivity contribution in [2.45, 2.75) is 19.5 Å². The molecule has 0 N–H and O–H groups in total. The van der Waals surface area contributed by atoms with Gasteiger partial charge in [0.2, 0.25) is 0 Å². The molecule has 0 saturated heterocycles. The zero-order valence-corrected chi connectivity index (χ0v) is 10.4. The van der Waals surface area contributed by atoms with Crippen LogP contribution in [0, 0.1) is 0 Å². The normalized spacial score (nSPS) is 12.9. The van der Waals surface area contributed by atoms with E-state index in [0.717, 1.165) is 23.4 Å². The Morgan fingerprint density at radius 1 is 1.38 bits per heavy atom. The highest BCUT2D eigenvalue weighted by Gasteiger charge is 2.30. The van der Waals surface area contributed by atoms with Crippen LogP contribution in [0.4, 0.5) is 13.2 Å². The van der Waals surface area contributed by atoms with Crippen LogP contribution in [-0.4, -0.2) is 5.33 Å². The molecule has 88 valence electrons. The maximum atomic E-state index is 12.5. The second kappa shape index (κ2) is 5.53. The topological polar surface area (TPSA) is 0 Å². The minimum Gasteiger partial charge on any atom is -0.166 e. The highest BCUT2D eigenvalue weighted by Crippen LogP contribution is 2.30. The lowest BCUT2D eigenvalue weighted by Crippen LogP contribution is -2.04. The summed E-state index contributed by atoms with van der Waals surface area (Å²) in [6, 6.07) is 5.39. The number of halogens is 4.